The summed E-state index contributed by atoms with van der Waals surface area (Å²) in [5.74, 6) is 3.97. The van der Waals surface area contributed by atoms with Crippen LogP contribution in [0.15, 0.2) is 87.9 Å². The number of methoxy groups -OCH3 is 1. The van der Waals surface area contributed by atoms with Crippen LogP contribution in [-0.4, -0.2) is 26.2 Å². The molecular weight excluding hydrogens is 412 g/mol. The van der Waals surface area contributed by atoms with Gasteiger partial charge in [0.1, 0.15) is 17.2 Å². The van der Waals surface area contributed by atoms with Crippen LogP contribution >= 0.6 is 0 Å². The fraction of sp³-hybridized carbons (Fsp3) is 0.185. The topological polar surface area (TPSA) is 81.2 Å². The smallest absolute Gasteiger partial charge is 0.244 e. The molecule has 1 heterocycles. The molecule has 0 aliphatic carbocycles. The predicted octanol–water partition coefficient (Wildman–Crippen LogP) is 4.90. The number of nitrogens with zero attached hydrogens (tertiary/aromatic N) is 2. The predicted molar refractivity (Wildman–Crippen MR) is 137 cm³/mol. The maximum atomic E-state index is 5.97. The first kappa shape index (κ1) is 25.0. The van der Waals surface area contributed by atoms with E-state index >= 15 is 0 Å². The fourth-order valence-electron chi connectivity index (χ4n) is 2.94. The highest BCUT2D eigenvalue weighted by Crippen LogP contribution is 2.28. The standard InChI is InChI=1S/C24H26N4O2.C3H4/c1-4-20(12-17(2)18-8-6-5-7-9-18)26-15-22-24(28-16-25)30-23-11-10-21(29-3)13-19(23)14-27-22;1-3-2/h4-14,16,26H,15H2,1-3H3,(H2,25,28);1H,2H3/b17-12+,20-4+;. The summed E-state index contributed by atoms with van der Waals surface area (Å²) in [6.45, 7) is 6.15. The average molecular weight is 443 g/mol. The largest absolute Gasteiger partial charge is 0.497 e. The molecule has 2 aromatic rings. The van der Waals surface area contributed by atoms with Crippen molar-refractivity contribution in [2.45, 2.75) is 20.8 Å². The van der Waals surface area contributed by atoms with Gasteiger partial charge in [0, 0.05) is 17.5 Å². The molecule has 0 fully saturated rings. The van der Waals surface area contributed by atoms with E-state index in [1.54, 1.807) is 20.2 Å². The quantitative estimate of drug-likeness (QED) is 0.277. The summed E-state index contributed by atoms with van der Waals surface area (Å²) in [6, 6.07) is 15.8. The van der Waals surface area contributed by atoms with E-state index in [4.69, 9.17) is 15.2 Å². The van der Waals surface area contributed by atoms with Crippen LogP contribution in [0, 0.1) is 12.3 Å². The Balaban J connectivity index is 0.00000122. The second kappa shape index (κ2) is 13.2. The van der Waals surface area contributed by atoms with E-state index in [9.17, 15) is 0 Å². The molecule has 33 heavy (non-hydrogen) atoms. The molecular formula is C27H30N4O2. The molecule has 3 N–H and O–H groups in total. The van der Waals surface area contributed by atoms with Gasteiger partial charge in [0.15, 0.2) is 0 Å². The number of hydrogen-bond donors (Lipinski definition) is 2. The van der Waals surface area contributed by atoms with E-state index in [0.717, 1.165) is 22.6 Å². The third-order valence-corrected chi connectivity index (χ3v) is 4.59. The Kier molecular flexibility index (Phi) is 10.0. The lowest BCUT2D eigenvalue weighted by Crippen LogP contribution is -2.17. The van der Waals surface area contributed by atoms with Gasteiger partial charge in [-0.3, -0.25) is 4.99 Å². The van der Waals surface area contributed by atoms with Gasteiger partial charge >= 0.3 is 0 Å². The van der Waals surface area contributed by atoms with E-state index in [2.05, 4.69) is 52.8 Å². The molecule has 3 rings (SSSR count). The van der Waals surface area contributed by atoms with Crippen molar-refractivity contribution in [3.8, 4) is 23.8 Å². The Morgan fingerprint density at radius 3 is 2.64 bits per heavy atom. The van der Waals surface area contributed by atoms with E-state index in [0.29, 0.717) is 23.9 Å². The monoisotopic (exact) mass is 442 g/mol. The van der Waals surface area contributed by atoms with Gasteiger partial charge in [-0.15, -0.1) is 12.3 Å². The number of nitrogens with one attached hydrogen (secondary N) is 1. The first-order chi connectivity index (χ1) is 16.1. The van der Waals surface area contributed by atoms with E-state index < -0.39 is 0 Å². The number of ether oxygens (including phenoxy) is 2. The second-order valence-electron chi connectivity index (χ2n) is 6.87. The van der Waals surface area contributed by atoms with Gasteiger partial charge < -0.3 is 20.5 Å². The number of benzene rings is 2. The summed E-state index contributed by atoms with van der Waals surface area (Å²) >= 11 is 0. The molecule has 6 nitrogen and oxygen atoms in total. The molecule has 0 spiro atoms. The van der Waals surface area contributed by atoms with Gasteiger partial charge in [-0.25, -0.2) is 4.99 Å². The Morgan fingerprint density at radius 2 is 2.00 bits per heavy atom. The first-order valence-corrected chi connectivity index (χ1v) is 10.4. The molecule has 0 unspecified atom stereocenters. The number of aliphatic imine (C=N–C) groups is 2. The lowest BCUT2D eigenvalue weighted by atomic mass is 10.1. The Morgan fingerprint density at radius 1 is 1.27 bits per heavy atom. The fourth-order valence-corrected chi connectivity index (χ4v) is 2.94. The van der Waals surface area contributed by atoms with Crippen molar-refractivity contribution < 1.29 is 9.47 Å². The van der Waals surface area contributed by atoms with Crippen LogP contribution in [0.4, 0.5) is 0 Å². The van der Waals surface area contributed by atoms with E-state index in [1.807, 2.05) is 49.4 Å². The van der Waals surface area contributed by atoms with Gasteiger partial charge in [0.2, 0.25) is 5.88 Å². The van der Waals surface area contributed by atoms with Gasteiger partial charge in [0.05, 0.1) is 20.0 Å². The normalized spacial score (nSPS) is 13.3. The molecule has 0 atom stereocenters. The number of rotatable bonds is 7. The van der Waals surface area contributed by atoms with Crippen molar-refractivity contribution in [2.24, 2.45) is 15.7 Å². The third kappa shape index (κ3) is 7.44. The third-order valence-electron chi connectivity index (χ3n) is 4.59. The molecule has 1 aliphatic heterocycles. The van der Waals surface area contributed by atoms with Crippen LogP contribution in [0.3, 0.4) is 0 Å². The van der Waals surface area contributed by atoms with Crippen LogP contribution in [0.1, 0.15) is 31.9 Å². The number of allylic oxidation sites excluding steroid dienone is 3. The minimum Gasteiger partial charge on any atom is -0.497 e. The zero-order valence-corrected chi connectivity index (χ0v) is 19.5. The van der Waals surface area contributed by atoms with Gasteiger partial charge in [-0.1, -0.05) is 36.4 Å². The minimum absolute atomic E-state index is 0.351. The summed E-state index contributed by atoms with van der Waals surface area (Å²) in [7, 11) is 1.62. The van der Waals surface area contributed by atoms with E-state index in [-0.39, 0.29) is 0 Å². The van der Waals surface area contributed by atoms with Crippen molar-refractivity contribution in [3.63, 3.8) is 0 Å². The molecule has 0 saturated carbocycles. The van der Waals surface area contributed by atoms with Crippen LogP contribution in [0.25, 0.3) is 5.57 Å². The SMILES string of the molecule is C#CC.C/C=C(\C=C(/C)c1ccccc1)NCC1=C(/N=C\N)Oc2ccc(OC)cc2C=N1. The molecule has 0 amide bonds. The summed E-state index contributed by atoms with van der Waals surface area (Å²) in [5, 5.41) is 3.40. The van der Waals surface area contributed by atoms with Crippen molar-refractivity contribution >= 4 is 18.1 Å². The number of terminal acetylenes is 1. The van der Waals surface area contributed by atoms with Crippen LogP contribution in [0.2, 0.25) is 0 Å². The van der Waals surface area contributed by atoms with Crippen molar-refractivity contribution in [3.05, 3.63) is 89.1 Å². The highest BCUT2D eigenvalue weighted by molar-refractivity contribution is 5.85. The zero-order chi connectivity index (χ0) is 24.1. The lowest BCUT2D eigenvalue weighted by Gasteiger charge is -2.12. The Labute approximate surface area is 196 Å². The summed E-state index contributed by atoms with van der Waals surface area (Å²) in [4.78, 5) is 8.75. The number of nitrogens with two attached hydrogens (primary N) is 1. The molecule has 6 heteroatoms. The molecule has 170 valence electrons. The maximum absolute atomic E-state index is 5.97. The molecule has 1 aliphatic rings. The molecule has 2 aromatic carbocycles. The zero-order valence-electron chi connectivity index (χ0n) is 19.5. The summed E-state index contributed by atoms with van der Waals surface area (Å²) in [5.41, 5.74) is 10.3. The minimum atomic E-state index is 0.351. The van der Waals surface area contributed by atoms with Crippen molar-refractivity contribution in [1.82, 2.24) is 5.32 Å². The Bertz CT molecular complexity index is 1120. The van der Waals surface area contributed by atoms with Gasteiger partial charge in [0.25, 0.3) is 0 Å². The molecule has 0 aromatic heterocycles. The Hall–Kier alpha value is -4.24. The maximum Gasteiger partial charge on any atom is 0.244 e. The van der Waals surface area contributed by atoms with Crippen LogP contribution in [-0.2, 0) is 0 Å². The lowest BCUT2D eigenvalue weighted by molar-refractivity contribution is 0.402. The van der Waals surface area contributed by atoms with Gasteiger partial charge in [-0.2, -0.15) is 0 Å². The summed E-state index contributed by atoms with van der Waals surface area (Å²) < 4.78 is 11.3. The van der Waals surface area contributed by atoms with Crippen molar-refractivity contribution in [1.29, 1.82) is 0 Å². The molecule has 0 saturated heterocycles. The summed E-state index contributed by atoms with van der Waals surface area (Å²) in [6.07, 6.45) is 11.7. The number of fused-ring (bicyclic) bond motifs is 1. The van der Waals surface area contributed by atoms with Crippen LogP contribution < -0.4 is 20.5 Å². The highest BCUT2D eigenvalue weighted by atomic mass is 16.5. The van der Waals surface area contributed by atoms with Gasteiger partial charge in [-0.05, 0) is 56.2 Å². The van der Waals surface area contributed by atoms with E-state index in [1.165, 1.54) is 11.9 Å². The van der Waals surface area contributed by atoms with Crippen molar-refractivity contribution in [2.75, 3.05) is 13.7 Å². The highest BCUT2D eigenvalue weighted by Gasteiger charge is 2.15. The van der Waals surface area contributed by atoms with Crippen LogP contribution in [0.5, 0.6) is 11.5 Å². The second-order valence-corrected chi connectivity index (χ2v) is 6.87. The average Bonchev–Trinajstić information content (AvgIpc) is 3.01. The number of hydrogen-bond acceptors (Lipinski definition) is 5. The first-order valence-electron chi connectivity index (χ1n) is 10.4. The molecule has 0 bridgehead atoms. The molecule has 0 radical (unpaired) electrons.